The Morgan fingerprint density at radius 3 is 2.32 bits per heavy atom. The summed E-state index contributed by atoms with van der Waals surface area (Å²) >= 11 is 0. The van der Waals surface area contributed by atoms with Gasteiger partial charge in [0.05, 0.1) is 11.2 Å². The zero-order valence-corrected chi connectivity index (χ0v) is 25.5. The van der Waals surface area contributed by atoms with Crippen LogP contribution in [0.3, 0.4) is 0 Å². The molecule has 0 saturated carbocycles. The van der Waals surface area contributed by atoms with Gasteiger partial charge in [0.25, 0.3) is 0 Å². The van der Waals surface area contributed by atoms with Crippen LogP contribution in [0.5, 0.6) is 11.5 Å². The van der Waals surface area contributed by atoms with E-state index in [0.29, 0.717) is 5.75 Å². The summed E-state index contributed by atoms with van der Waals surface area (Å²) in [7, 11) is -0.367. The Morgan fingerprint density at radius 1 is 1.05 bits per heavy atom. The lowest BCUT2D eigenvalue weighted by atomic mass is 9.60. The number of carbonyl (C=O) groups is 1. The Labute approximate surface area is 231 Å². The molecule has 0 radical (unpaired) electrons. The molecule has 0 spiro atoms. The number of fused-ring (bicyclic) bond motifs is 3. The van der Waals surface area contributed by atoms with Crippen molar-refractivity contribution < 1.29 is 23.6 Å². The van der Waals surface area contributed by atoms with Gasteiger partial charge in [-0.1, -0.05) is 52.5 Å². The number of hydrogen-bond acceptors (Lipinski definition) is 5. The number of ether oxygens (including phenoxy) is 2. The van der Waals surface area contributed by atoms with Crippen LogP contribution in [0.4, 0.5) is 0 Å². The lowest BCUT2D eigenvalue weighted by molar-refractivity contribution is -0.132. The predicted octanol–water partition coefficient (Wildman–Crippen LogP) is 8.08. The topological polar surface area (TPSA) is 54.0 Å². The largest absolute Gasteiger partial charge is 0.490 e. The molecule has 5 nitrogen and oxygen atoms in total. The third-order valence-corrected chi connectivity index (χ3v) is 9.56. The van der Waals surface area contributed by atoms with Crippen LogP contribution in [0.2, 0.25) is 0 Å². The molecular weight excluding hydrogens is 475 g/mol. The van der Waals surface area contributed by atoms with E-state index < -0.39 is 0 Å². The lowest BCUT2D eigenvalue weighted by Crippen LogP contribution is -2.46. The second-order valence-electron chi connectivity index (χ2n) is 13.9. The predicted molar refractivity (Wildman–Crippen MR) is 154 cm³/mol. The van der Waals surface area contributed by atoms with Gasteiger partial charge < -0.3 is 18.8 Å². The second-order valence-corrected chi connectivity index (χ2v) is 13.9. The number of unbranched alkanes of at least 4 members (excludes halogenated alkanes) is 3. The van der Waals surface area contributed by atoms with Gasteiger partial charge in [-0.05, 0) is 89.4 Å². The fraction of sp³-hybridized carbons (Fsp3) is 0.719. The molecule has 6 heteroatoms. The summed E-state index contributed by atoms with van der Waals surface area (Å²) in [4.78, 5) is 12.3. The van der Waals surface area contributed by atoms with Crippen LogP contribution in [-0.4, -0.2) is 29.9 Å². The average molecular weight is 525 g/mol. The van der Waals surface area contributed by atoms with Crippen LogP contribution >= 0.6 is 0 Å². The van der Waals surface area contributed by atoms with Gasteiger partial charge in [0.1, 0.15) is 17.1 Å². The summed E-state index contributed by atoms with van der Waals surface area (Å²) in [6.45, 7) is 21.1. The third kappa shape index (κ3) is 5.58. The molecule has 4 rings (SSSR count). The Balaban J connectivity index is 1.72. The van der Waals surface area contributed by atoms with E-state index in [-0.39, 0.29) is 47.1 Å². The van der Waals surface area contributed by atoms with Gasteiger partial charge in [-0.15, -0.1) is 0 Å². The summed E-state index contributed by atoms with van der Waals surface area (Å²) in [6, 6.07) is 4.32. The van der Waals surface area contributed by atoms with Crippen LogP contribution < -0.4 is 9.47 Å². The highest BCUT2D eigenvalue weighted by Crippen LogP contribution is 2.56. The molecule has 1 aromatic carbocycles. The quantitative estimate of drug-likeness (QED) is 0.149. The molecule has 0 aromatic heterocycles. The number of esters is 1. The molecule has 0 N–H and O–H groups in total. The smallest absolute Gasteiger partial charge is 0.487 e. The zero-order valence-electron chi connectivity index (χ0n) is 25.5. The monoisotopic (exact) mass is 524 g/mol. The van der Waals surface area contributed by atoms with E-state index >= 15 is 0 Å². The van der Waals surface area contributed by atoms with Crippen molar-refractivity contribution in [3.63, 3.8) is 0 Å². The maximum absolute atomic E-state index is 12.3. The van der Waals surface area contributed by atoms with Crippen molar-refractivity contribution in [1.82, 2.24) is 0 Å². The maximum atomic E-state index is 12.3. The number of benzene rings is 1. The first-order valence-corrected chi connectivity index (χ1v) is 14.7. The van der Waals surface area contributed by atoms with Gasteiger partial charge in [-0.3, -0.25) is 4.79 Å². The molecule has 1 aliphatic carbocycles. The van der Waals surface area contributed by atoms with Crippen molar-refractivity contribution in [3.05, 3.63) is 34.8 Å². The van der Waals surface area contributed by atoms with Gasteiger partial charge in [-0.2, -0.15) is 0 Å². The Bertz CT molecular complexity index is 1070. The van der Waals surface area contributed by atoms with E-state index in [4.69, 9.17) is 18.8 Å². The number of carbonyl (C=O) groups excluding carboxylic acids is 1. The Hall–Kier alpha value is -1.79. The summed E-state index contributed by atoms with van der Waals surface area (Å²) < 4.78 is 25.5. The third-order valence-electron chi connectivity index (χ3n) is 9.56. The van der Waals surface area contributed by atoms with E-state index in [9.17, 15) is 4.79 Å². The highest BCUT2D eigenvalue weighted by atomic mass is 16.7. The van der Waals surface area contributed by atoms with Crippen LogP contribution in [-0.2, 0) is 19.5 Å². The van der Waals surface area contributed by atoms with Crippen molar-refractivity contribution in [3.8, 4) is 11.5 Å². The maximum Gasteiger partial charge on any atom is 0.490 e. The van der Waals surface area contributed by atoms with Gasteiger partial charge in [0.15, 0.2) is 0 Å². The summed E-state index contributed by atoms with van der Waals surface area (Å²) in [5.74, 6) is 1.59. The lowest BCUT2D eigenvalue weighted by Gasteiger charge is -2.47. The second kappa shape index (κ2) is 10.3. The van der Waals surface area contributed by atoms with Crippen molar-refractivity contribution in [2.75, 3.05) is 0 Å². The first-order chi connectivity index (χ1) is 17.6. The Morgan fingerprint density at radius 2 is 1.71 bits per heavy atom. The molecular formula is C32H49BO5. The Kier molecular flexibility index (Phi) is 7.93. The molecule has 2 aliphatic heterocycles. The summed E-state index contributed by atoms with van der Waals surface area (Å²) in [5.41, 5.74) is 2.16. The van der Waals surface area contributed by atoms with Gasteiger partial charge in [0, 0.05) is 24.3 Å². The number of hydrogen-bond donors (Lipinski definition) is 0. The SMILES string of the molecule is CCCCCCC(C)(C)c1cc(OC(C)=O)c2c(c1)OC(C)(C)[C@@H]1CC=C(B3OC(C)(C)C(C)(C)O3)C[C@@H]21. The molecule has 2 atom stereocenters. The minimum atomic E-state index is -0.386. The molecule has 38 heavy (non-hydrogen) atoms. The molecule has 1 fully saturated rings. The van der Waals surface area contributed by atoms with E-state index in [1.54, 1.807) is 0 Å². The molecule has 1 saturated heterocycles. The van der Waals surface area contributed by atoms with E-state index in [2.05, 4.69) is 80.5 Å². The van der Waals surface area contributed by atoms with Crippen LogP contribution in [0.25, 0.3) is 0 Å². The van der Waals surface area contributed by atoms with E-state index in [0.717, 1.165) is 36.1 Å². The van der Waals surface area contributed by atoms with Crippen molar-refractivity contribution in [2.24, 2.45) is 5.92 Å². The fourth-order valence-corrected chi connectivity index (χ4v) is 6.36. The first kappa shape index (κ1) is 29.2. The molecule has 1 aromatic rings. The van der Waals surface area contributed by atoms with E-state index in [1.807, 2.05) is 0 Å². The highest BCUT2D eigenvalue weighted by molar-refractivity contribution is 6.54. The molecule has 3 aliphatic rings. The molecule has 0 amide bonds. The van der Waals surface area contributed by atoms with Gasteiger partial charge in [0.2, 0.25) is 0 Å². The number of allylic oxidation sites excluding steroid dienone is 2. The zero-order chi connectivity index (χ0) is 28.1. The average Bonchev–Trinajstić information content (AvgIpc) is 3.02. The normalized spacial score (nSPS) is 25.2. The summed E-state index contributed by atoms with van der Waals surface area (Å²) in [6.07, 6.45) is 9.93. The van der Waals surface area contributed by atoms with Gasteiger partial charge >= 0.3 is 13.1 Å². The highest BCUT2D eigenvalue weighted by Gasteiger charge is 2.55. The van der Waals surface area contributed by atoms with Crippen molar-refractivity contribution in [2.45, 2.75) is 142 Å². The van der Waals surface area contributed by atoms with Gasteiger partial charge in [-0.25, -0.2) is 0 Å². The molecule has 210 valence electrons. The fourth-order valence-electron chi connectivity index (χ4n) is 6.36. The molecule has 2 heterocycles. The number of rotatable bonds is 8. The molecule has 0 bridgehead atoms. The standard InChI is InChI=1S/C32H49BO5/c1-11-12-13-14-17-29(3,4)22-18-26(35-21(2)34)28-24-20-23(33-37-31(7,8)32(9,10)38-33)15-16-25(24)30(5,6)36-27(28)19-22/h15,18-19,24-25H,11-14,16-17,20H2,1-10H3/t24-,25-/m1/s1. The molecule has 0 unspecified atom stereocenters. The van der Waals surface area contributed by atoms with E-state index in [1.165, 1.54) is 38.1 Å². The first-order valence-electron chi connectivity index (χ1n) is 14.7. The summed E-state index contributed by atoms with van der Waals surface area (Å²) in [5, 5.41) is 0. The van der Waals surface area contributed by atoms with Crippen LogP contribution in [0.15, 0.2) is 23.7 Å². The van der Waals surface area contributed by atoms with Crippen LogP contribution in [0.1, 0.15) is 131 Å². The van der Waals surface area contributed by atoms with Crippen LogP contribution in [0, 0.1) is 5.92 Å². The van der Waals surface area contributed by atoms with Crippen molar-refractivity contribution in [1.29, 1.82) is 0 Å². The minimum absolute atomic E-state index is 0.0532. The minimum Gasteiger partial charge on any atom is -0.487 e. The van der Waals surface area contributed by atoms with Crippen molar-refractivity contribution >= 4 is 13.1 Å².